The van der Waals surface area contributed by atoms with Gasteiger partial charge in [-0.05, 0) is 92.0 Å². The molecule has 0 bridgehead atoms. The van der Waals surface area contributed by atoms with Crippen molar-refractivity contribution in [3.05, 3.63) is 125 Å². The van der Waals surface area contributed by atoms with Crippen LogP contribution in [0, 0.1) is 0 Å². The lowest BCUT2D eigenvalue weighted by molar-refractivity contribution is 0.302. The van der Waals surface area contributed by atoms with Gasteiger partial charge in [-0.15, -0.1) is 0 Å². The molecular formula is C30H17Br2Cl2N3O3. The third-order valence-electron chi connectivity index (χ3n) is 6.13. The number of fused-ring (bicyclic) bond motifs is 2. The van der Waals surface area contributed by atoms with Crippen molar-refractivity contribution in [1.82, 2.24) is 9.66 Å². The maximum atomic E-state index is 13.5. The van der Waals surface area contributed by atoms with Crippen LogP contribution in [0.5, 0.6) is 5.75 Å². The molecule has 2 heterocycles. The summed E-state index contributed by atoms with van der Waals surface area (Å²) in [5.41, 5.74) is 2.42. The standard InChI is InChI=1S/C30H17Br2Cl2N3O3/c31-22-11-17(12-23(32)28(22)39-16-18-5-1-3-7-24(18)34)15-35-37-29(36-25-8-4-2-6-21(25)30(37)38)27-14-19-13-20(33)9-10-26(19)40-27/h1-15H,16H2. The minimum atomic E-state index is -0.326. The summed E-state index contributed by atoms with van der Waals surface area (Å²) < 4.78 is 14.7. The first kappa shape index (κ1) is 26.8. The van der Waals surface area contributed by atoms with Gasteiger partial charge in [-0.1, -0.05) is 53.5 Å². The van der Waals surface area contributed by atoms with Crippen LogP contribution in [0.15, 0.2) is 108 Å². The van der Waals surface area contributed by atoms with Crippen molar-refractivity contribution in [3.63, 3.8) is 0 Å². The minimum Gasteiger partial charge on any atom is -0.486 e. The lowest BCUT2D eigenvalue weighted by atomic mass is 10.2. The van der Waals surface area contributed by atoms with E-state index in [1.807, 2.05) is 42.5 Å². The number of furan rings is 1. The molecule has 2 aromatic heterocycles. The van der Waals surface area contributed by atoms with Crippen molar-refractivity contribution in [2.24, 2.45) is 5.10 Å². The third-order valence-corrected chi connectivity index (χ3v) is 7.91. The molecule has 6 nitrogen and oxygen atoms in total. The van der Waals surface area contributed by atoms with Gasteiger partial charge >= 0.3 is 0 Å². The van der Waals surface area contributed by atoms with Gasteiger partial charge in [0.05, 0.1) is 26.1 Å². The molecule has 6 rings (SSSR count). The van der Waals surface area contributed by atoms with Crippen molar-refractivity contribution in [1.29, 1.82) is 0 Å². The molecule has 0 aliphatic carbocycles. The molecule has 40 heavy (non-hydrogen) atoms. The largest absolute Gasteiger partial charge is 0.486 e. The molecule has 198 valence electrons. The molecule has 6 aromatic rings. The summed E-state index contributed by atoms with van der Waals surface area (Å²) in [5, 5.41) is 6.98. The van der Waals surface area contributed by atoms with E-state index in [1.165, 1.54) is 4.68 Å². The number of hydrogen-bond acceptors (Lipinski definition) is 5. The number of halogens is 4. The van der Waals surface area contributed by atoms with E-state index < -0.39 is 0 Å². The predicted octanol–water partition coefficient (Wildman–Crippen LogP) is 9.10. The Bertz CT molecular complexity index is 1980. The van der Waals surface area contributed by atoms with E-state index in [4.69, 9.17) is 37.3 Å². The highest BCUT2D eigenvalue weighted by Crippen LogP contribution is 2.35. The zero-order valence-corrected chi connectivity index (χ0v) is 25.1. The Morgan fingerprint density at radius 3 is 2.50 bits per heavy atom. The van der Waals surface area contributed by atoms with E-state index in [1.54, 1.807) is 48.7 Å². The molecule has 0 N–H and O–H groups in total. The second-order valence-electron chi connectivity index (χ2n) is 8.80. The average Bonchev–Trinajstić information content (AvgIpc) is 3.36. The number of rotatable bonds is 6. The molecule has 0 aliphatic heterocycles. The van der Waals surface area contributed by atoms with Gasteiger partial charge < -0.3 is 9.15 Å². The van der Waals surface area contributed by atoms with Crippen molar-refractivity contribution >= 4 is 83.1 Å². The van der Waals surface area contributed by atoms with E-state index in [0.29, 0.717) is 59.2 Å². The monoisotopic (exact) mass is 695 g/mol. The van der Waals surface area contributed by atoms with Crippen molar-refractivity contribution < 1.29 is 9.15 Å². The van der Waals surface area contributed by atoms with Gasteiger partial charge in [0.25, 0.3) is 5.56 Å². The molecule has 10 heteroatoms. The van der Waals surface area contributed by atoms with Crippen LogP contribution in [0.4, 0.5) is 0 Å². The molecule has 0 atom stereocenters. The summed E-state index contributed by atoms with van der Waals surface area (Å²) >= 11 is 19.6. The highest BCUT2D eigenvalue weighted by molar-refractivity contribution is 9.11. The van der Waals surface area contributed by atoms with Crippen LogP contribution in [0.2, 0.25) is 10.0 Å². The first-order valence-corrected chi connectivity index (χ1v) is 14.3. The molecule has 0 amide bonds. The zero-order chi connectivity index (χ0) is 27.8. The quantitative estimate of drug-likeness (QED) is 0.163. The third kappa shape index (κ3) is 5.32. The number of para-hydroxylation sites is 1. The Balaban J connectivity index is 1.39. The predicted molar refractivity (Wildman–Crippen MR) is 167 cm³/mol. The fourth-order valence-corrected chi connectivity index (χ4v) is 6.02. The molecule has 0 radical (unpaired) electrons. The molecule has 0 unspecified atom stereocenters. The molecule has 0 spiro atoms. The second-order valence-corrected chi connectivity index (χ2v) is 11.4. The Kier molecular flexibility index (Phi) is 7.51. The Labute approximate surface area is 255 Å². The number of nitrogens with zero attached hydrogens (tertiary/aromatic N) is 3. The van der Waals surface area contributed by atoms with Crippen molar-refractivity contribution in [2.75, 3.05) is 0 Å². The Hall–Kier alpha value is -3.43. The van der Waals surface area contributed by atoms with E-state index in [2.05, 4.69) is 37.0 Å². The molecular weight excluding hydrogens is 681 g/mol. The molecule has 0 saturated heterocycles. The van der Waals surface area contributed by atoms with Crippen LogP contribution in [0.25, 0.3) is 33.5 Å². The molecule has 0 saturated carbocycles. The lowest BCUT2D eigenvalue weighted by Crippen LogP contribution is -2.20. The smallest absolute Gasteiger partial charge is 0.282 e. The summed E-state index contributed by atoms with van der Waals surface area (Å²) in [4.78, 5) is 18.3. The average molecular weight is 698 g/mol. The van der Waals surface area contributed by atoms with Gasteiger partial charge in [-0.25, -0.2) is 4.98 Å². The van der Waals surface area contributed by atoms with Crippen molar-refractivity contribution in [2.45, 2.75) is 6.61 Å². The van der Waals surface area contributed by atoms with Gasteiger partial charge in [0.1, 0.15) is 17.9 Å². The first-order valence-electron chi connectivity index (χ1n) is 12.0. The van der Waals surface area contributed by atoms with Gasteiger partial charge in [-0.3, -0.25) is 4.79 Å². The van der Waals surface area contributed by atoms with E-state index in [-0.39, 0.29) is 11.4 Å². The zero-order valence-electron chi connectivity index (χ0n) is 20.4. The lowest BCUT2D eigenvalue weighted by Gasteiger charge is -2.12. The maximum absolute atomic E-state index is 13.5. The van der Waals surface area contributed by atoms with Gasteiger partial charge in [0, 0.05) is 21.0 Å². The van der Waals surface area contributed by atoms with E-state index in [9.17, 15) is 4.79 Å². The molecule has 0 aliphatic rings. The Morgan fingerprint density at radius 2 is 1.70 bits per heavy atom. The number of hydrogen-bond donors (Lipinski definition) is 0. The van der Waals surface area contributed by atoms with Crippen LogP contribution in [-0.4, -0.2) is 15.9 Å². The van der Waals surface area contributed by atoms with E-state index >= 15 is 0 Å². The topological polar surface area (TPSA) is 69.6 Å². The fourth-order valence-electron chi connectivity index (χ4n) is 4.20. The van der Waals surface area contributed by atoms with Crippen LogP contribution in [-0.2, 0) is 6.61 Å². The van der Waals surface area contributed by atoms with Gasteiger partial charge in [-0.2, -0.15) is 9.78 Å². The van der Waals surface area contributed by atoms with Crippen LogP contribution in [0.3, 0.4) is 0 Å². The number of ether oxygens (including phenoxy) is 1. The molecule has 0 fully saturated rings. The molecule has 4 aromatic carbocycles. The SMILES string of the molecule is O=c1c2ccccc2nc(-c2cc3cc(Cl)ccc3o2)n1N=Cc1cc(Br)c(OCc2ccccc2Cl)c(Br)c1. The first-order chi connectivity index (χ1) is 19.4. The second kappa shape index (κ2) is 11.2. The van der Waals surface area contributed by atoms with Gasteiger partial charge in [0.2, 0.25) is 5.82 Å². The van der Waals surface area contributed by atoms with Gasteiger partial charge in [0.15, 0.2) is 5.76 Å². The summed E-state index contributed by atoms with van der Waals surface area (Å²) in [7, 11) is 0. The highest BCUT2D eigenvalue weighted by Gasteiger charge is 2.17. The van der Waals surface area contributed by atoms with E-state index in [0.717, 1.165) is 10.9 Å². The summed E-state index contributed by atoms with van der Waals surface area (Å²) in [6, 6.07) is 25.4. The van der Waals surface area contributed by atoms with Crippen LogP contribution >= 0.6 is 55.1 Å². The Morgan fingerprint density at radius 1 is 0.950 bits per heavy atom. The van der Waals surface area contributed by atoms with Crippen molar-refractivity contribution in [3.8, 4) is 17.3 Å². The normalized spacial score (nSPS) is 11.6. The van der Waals surface area contributed by atoms with Crippen LogP contribution in [0.1, 0.15) is 11.1 Å². The maximum Gasteiger partial charge on any atom is 0.282 e. The number of aromatic nitrogens is 2. The van der Waals surface area contributed by atoms with Crippen LogP contribution < -0.4 is 10.3 Å². The highest BCUT2D eigenvalue weighted by atomic mass is 79.9. The summed E-state index contributed by atoms with van der Waals surface area (Å²) in [5.74, 6) is 1.27. The number of benzene rings is 4. The summed E-state index contributed by atoms with van der Waals surface area (Å²) in [6.45, 7) is 0.300. The minimum absolute atomic E-state index is 0.269. The fraction of sp³-hybridized carbons (Fsp3) is 0.0333. The summed E-state index contributed by atoms with van der Waals surface area (Å²) in [6.07, 6.45) is 1.58.